The van der Waals surface area contributed by atoms with E-state index in [2.05, 4.69) is 27.8 Å². The molecular formula is C23H31FIN3O2. The summed E-state index contributed by atoms with van der Waals surface area (Å²) in [6.07, 6.45) is 1.89. The van der Waals surface area contributed by atoms with Crippen LogP contribution in [0.3, 0.4) is 0 Å². The summed E-state index contributed by atoms with van der Waals surface area (Å²) in [4.78, 5) is 4.34. The third kappa shape index (κ3) is 6.57. The molecule has 1 fully saturated rings. The van der Waals surface area contributed by atoms with E-state index < -0.39 is 0 Å². The normalized spacial score (nSPS) is 15.8. The van der Waals surface area contributed by atoms with Crippen LogP contribution in [0.5, 0.6) is 5.75 Å². The number of halogens is 2. The average Bonchev–Trinajstić information content (AvgIpc) is 2.76. The molecule has 0 amide bonds. The molecule has 0 spiro atoms. The number of aliphatic imine (C=N–C) groups is 1. The fourth-order valence-electron chi connectivity index (χ4n) is 3.66. The van der Waals surface area contributed by atoms with Gasteiger partial charge in [-0.25, -0.2) is 4.39 Å². The largest absolute Gasteiger partial charge is 0.494 e. The first-order valence-corrected chi connectivity index (χ1v) is 10.2. The molecule has 0 saturated carbocycles. The standard InChI is InChI=1S/C23H30FN3O2.HI/c1-3-29-21-10-6-19(7-11-21)23(12-14-28-15-13-23)17-27-22(25-2)26-16-18-4-8-20(24)9-5-18;/h4-11H,3,12-17H2,1-2H3,(H2,25,26,27);1H. The molecule has 3 rings (SSSR count). The van der Waals surface area contributed by atoms with Gasteiger partial charge in [0.05, 0.1) is 6.61 Å². The van der Waals surface area contributed by atoms with Crippen LogP contribution < -0.4 is 15.4 Å². The van der Waals surface area contributed by atoms with Crippen LogP contribution in [0.4, 0.5) is 4.39 Å². The minimum atomic E-state index is -0.229. The van der Waals surface area contributed by atoms with Crippen molar-refractivity contribution in [3.63, 3.8) is 0 Å². The molecule has 0 aromatic heterocycles. The van der Waals surface area contributed by atoms with Crippen LogP contribution in [0.2, 0.25) is 0 Å². The molecule has 2 N–H and O–H groups in total. The number of hydrogen-bond donors (Lipinski definition) is 2. The van der Waals surface area contributed by atoms with Gasteiger partial charge in [0.1, 0.15) is 11.6 Å². The fourth-order valence-corrected chi connectivity index (χ4v) is 3.66. The second-order valence-corrected chi connectivity index (χ2v) is 7.26. The molecule has 1 aliphatic rings. The number of hydrogen-bond acceptors (Lipinski definition) is 3. The van der Waals surface area contributed by atoms with E-state index in [-0.39, 0.29) is 35.2 Å². The molecular weight excluding hydrogens is 496 g/mol. The molecule has 164 valence electrons. The van der Waals surface area contributed by atoms with E-state index in [1.165, 1.54) is 17.7 Å². The average molecular weight is 527 g/mol. The Morgan fingerprint density at radius 2 is 1.73 bits per heavy atom. The topological polar surface area (TPSA) is 54.9 Å². The van der Waals surface area contributed by atoms with Crippen molar-refractivity contribution in [1.82, 2.24) is 10.6 Å². The van der Waals surface area contributed by atoms with E-state index in [9.17, 15) is 4.39 Å². The van der Waals surface area contributed by atoms with Gasteiger partial charge in [-0.05, 0) is 55.2 Å². The lowest BCUT2D eigenvalue weighted by atomic mass is 9.74. The Bertz CT molecular complexity index is 791. The lowest BCUT2D eigenvalue weighted by Crippen LogP contribution is -2.47. The summed E-state index contributed by atoms with van der Waals surface area (Å²) in [5.41, 5.74) is 2.27. The summed E-state index contributed by atoms with van der Waals surface area (Å²) >= 11 is 0. The maximum atomic E-state index is 13.1. The number of benzene rings is 2. The SMILES string of the molecule is CCOc1ccc(C2(CNC(=NC)NCc3ccc(F)cc3)CCOCC2)cc1.I. The van der Waals surface area contributed by atoms with Gasteiger partial charge in [-0.1, -0.05) is 24.3 Å². The molecule has 5 nitrogen and oxygen atoms in total. The summed E-state index contributed by atoms with van der Waals surface area (Å²) in [6.45, 7) is 5.48. The highest BCUT2D eigenvalue weighted by Gasteiger charge is 2.34. The number of rotatable bonds is 7. The van der Waals surface area contributed by atoms with E-state index in [0.29, 0.717) is 13.2 Å². The Morgan fingerprint density at radius 3 is 2.33 bits per heavy atom. The summed E-state index contributed by atoms with van der Waals surface area (Å²) in [5.74, 6) is 1.39. The van der Waals surface area contributed by atoms with Gasteiger partial charge in [0.25, 0.3) is 0 Å². The summed E-state index contributed by atoms with van der Waals surface area (Å²) in [5, 5.41) is 6.78. The van der Waals surface area contributed by atoms with Gasteiger partial charge in [-0.3, -0.25) is 4.99 Å². The maximum absolute atomic E-state index is 13.1. The predicted molar refractivity (Wildman–Crippen MR) is 129 cm³/mol. The molecule has 30 heavy (non-hydrogen) atoms. The molecule has 1 saturated heterocycles. The summed E-state index contributed by atoms with van der Waals surface area (Å²) in [6, 6.07) is 14.9. The molecule has 0 unspecified atom stereocenters. The highest BCUT2D eigenvalue weighted by molar-refractivity contribution is 14.0. The van der Waals surface area contributed by atoms with E-state index in [1.807, 2.05) is 19.1 Å². The molecule has 0 atom stereocenters. The van der Waals surface area contributed by atoms with E-state index in [1.54, 1.807) is 19.2 Å². The Hall–Kier alpha value is -1.87. The van der Waals surface area contributed by atoms with Crippen LogP contribution >= 0.6 is 24.0 Å². The Kier molecular flexibility index (Phi) is 9.84. The van der Waals surface area contributed by atoms with Gasteiger partial charge in [0.15, 0.2) is 5.96 Å². The minimum Gasteiger partial charge on any atom is -0.494 e. The van der Waals surface area contributed by atoms with Gasteiger partial charge in [0, 0.05) is 38.8 Å². The van der Waals surface area contributed by atoms with Crippen molar-refractivity contribution in [3.05, 3.63) is 65.5 Å². The first-order valence-electron chi connectivity index (χ1n) is 10.2. The first-order chi connectivity index (χ1) is 14.1. The van der Waals surface area contributed by atoms with Crippen molar-refractivity contribution >= 4 is 29.9 Å². The monoisotopic (exact) mass is 527 g/mol. The Balaban J connectivity index is 0.00000320. The highest BCUT2D eigenvalue weighted by atomic mass is 127. The number of ether oxygens (including phenoxy) is 2. The van der Waals surface area contributed by atoms with Crippen molar-refractivity contribution in [2.75, 3.05) is 33.4 Å². The van der Waals surface area contributed by atoms with Crippen molar-refractivity contribution in [2.24, 2.45) is 4.99 Å². The highest BCUT2D eigenvalue weighted by Crippen LogP contribution is 2.35. The van der Waals surface area contributed by atoms with Gasteiger partial charge in [0.2, 0.25) is 0 Å². The number of nitrogens with one attached hydrogen (secondary N) is 2. The van der Waals surface area contributed by atoms with Gasteiger partial charge < -0.3 is 20.1 Å². The Labute approximate surface area is 195 Å². The van der Waals surface area contributed by atoms with Crippen molar-refractivity contribution in [2.45, 2.75) is 31.7 Å². The smallest absolute Gasteiger partial charge is 0.191 e. The number of guanidine groups is 1. The molecule has 2 aromatic rings. The first kappa shape index (κ1) is 24.4. The number of nitrogens with zero attached hydrogens (tertiary/aromatic N) is 1. The maximum Gasteiger partial charge on any atom is 0.191 e. The molecule has 2 aromatic carbocycles. The lowest BCUT2D eigenvalue weighted by Gasteiger charge is -2.38. The molecule has 7 heteroatoms. The second-order valence-electron chi connectivity index (χ2n) is 7.26. The summed E-state index contributed by atoms with van der Waals surface area (Å²) < 4.78 is 24.3. The van der Waals surface area contributed by atoms with E-state index in [4.69, 9.17) is 9.47 Å². The Morgan fingerprint density at radius 1 is 1.07 bits per heavy atom. The third-order valence-corrected chi connectivity index (χ3v) is 5.42. The fraction of sp³-hybridized carbons (Fsp3) is 0.435. The minimum absolute atomic E-state index is 0. The zero-order valence-corrected chi connectivity index (χ0v) is 19.9. The summed E-state index contributed by atoms with van der Waals surface area (Å²) in [7, 11) is 1.76. The predicted octanol–water partition coefficient (Wildman–Crippen LogP) is 4.26. The van der Waals surface area contributed by atoms with Crippen LogP contribution in [0.15, 0.2) is 53.5 Å². The third-order valence-electron chi connectivity index (χ3n) is 5.42. The quantitative estimate of drug-likeness (QED) is 0.321. The van der Waals surface area contributed by atoms with Crippen LogP contribution in [0.25, 0.3) is 0 Å². The van der Waals surface area contributed by atoms with E-state index in [0.717, 1.165) is 49.9 Å². The zero-order valence-electron chi connectivity index (χ0n) is 17.6. The van der Waals surface area contributed by atoms with Crippen molar-refractivity contribution < 1.29 is 13.9 Å². The molecule has 1 heterocycles. The molecule has 0 aliphatic carbocycles. The van der Waals surface area contributed by atoms with Crippen LogP contribution in [0, 0.1) is 5.82 Å². The lowest BCUT2D eigenvalue weighted by molar-refractivity contribution is 0.0513. The van der Waals surface area contributed by atoms with Crippen molar-refractivity contribution in [1.29, 1.82) is 0 Å². The van der Waals surface area contributed by atoms with Gasteiger partial charge >= 0.3 is 0 Å². The zero-order chi connectivity index (χ0) is 20.5. The van der Waals surface area contributed by atoms with Crippen LogP contribution in [-0.4, -0.2) is 39.4 Å². The van der Waals surface area contributed by atoms with Crippen LogP contribution in [0.1, 0.15) is 30.9 Å². The van der Waals surface area contributed by atoms with Crippen LogP contribution in [-0.2, 0) is 16.7 Å². The van der Waals surface area contributed by atoms with Crippen molar-refractivity contribution in [3.8, 4) is 5.75 Å². The molecule has 0 bridgehead atoms. The van der Waals surface area contributed by atoms with E-state index >= 15 is 0 Å². The second kappa shape index (κ2) is 12.1. The molecule has 1 aliphatic heterocycles. The van der Waals surface area contributed by atoms with Gasteiger partial charge in [-0.2, -0.15) is 0 Å². The molecule has 0 radical (unpaired) electrons. The van der Waals surface area contributed by atoms with Gasteiger partial charge in [-0.15, -0.1) is 24.0 Å².